The molecule has 1 aromatic carbocycles. The van der Waals surface area contributed by atoms with Gasteiger partial charge in [0, 0.05) is 21.8 Å². The quantitative estimate of drug-likeness (QED) is 0.540. The fourth-order valence-electron chi connectivity index (χ4n) is 2.49. The van der Waals surface area contributed by atoms with Gasteiger partial charge in [-0.25, -0.2) is 9.97 Å². The first-order chi connectivity index (χ1) is 17.6. The van der Waals surface area contributed by atoms with Crippen LogP contribution in [0.15, 0.2) is 48.9 Å². The van der Waals surface area contributed by atoms with Crippen LogP contribution in [0.3, 0.4) is 0 Å². The van der Waals surface area contributed by atoms with Crippen LogP contribution in [-0.2, 0) is 0 Å². The number of ether oxygens (including phenoxy) is 2. The second-order valence-corrected chi connectivity index (χ2v) is 5.90. The Bertz CT molecular complexity index is 1290. The summed E-state index contributed by atoms with van der Waals surface area (Å²) in [7, 11) is -2.81. The number of nitrogens with one attached hydrogen (secondary N) is 1. The molecule has 0 aliphatic rings. The van der Waals surface area contributed by atoms with Crippen molar-refractivity contribution in [1.82, 2.24) is 20.3 Å². The van der Waals surface area contributed by atoms with Crippen molar-refractivity contribution in [2.75, 3.05) is 20.1 Å². The van der Waals surface area contributed by atoms with E-state index in [1.54, 1.807) is 0 Å². The number of rotatable bonds is 8. The van der Waals surface area contributed by atoms with Crippen molar-refractivity contribution in [2.45, 2.75) is 13.0 Å². The second-order valence-electron chi connectivity index (χ2n) is 5.90. The molecule has 0 bridgehead atoms. The zero-order valence-corrected chi connectivity index (χ0v) is 15.3. The monoisotopic (exact) mass is 420 g/mol. The van der Waals surface area contributed by atoms with Crippen molar-refractivity contribution in [2.24, 2.45) is 0 Å². The number of amides is 1. The van der Waals surface area contributed by atoms with Gasteiger partial charge in [-0.15, -0.1) is 0 Å². The second kappa shape index (κ2) is 9.75. The Kier molecular flexibility index (Phi) is 4.18. The van der Waals surface area contributed by atoms with E-state index in [0.717, 1.165) is 18.5 Å². The molecule has 0 spiro atoms. The van der Waals surface area contributed by atoms with Crippen LogP contribution in [-0.4, -0.2) is 46.1 Å². The fraction of sp³-hybridized carbons (Fsp3) is 0.238. The van der Waals surface area contributed by atoms with Crippen LogP contribution in [0.5, 0.6) is 11.5 Å². The number of hydrogen-bond acceptors (Lipinski definition) is 7. The summed E-state index contributed by atoms with van der Waals surface area (Å²) >= 11 is 0. The Morgan fingerprint density at radius 1 is 1.30 bits per heavy atom. The van der Waals surface area contributed by atoms with Crippen molar-refractivity contribution < 1.29 is 34.7 Å². The van der Waals surface area contributed by atoms with E-state index in [0.29, 0.717) is 5.56 Å². The van der Waals surface area contributed by atoms with Crippen LogP contribution < -0.4 is 14.8 Å². The number of methoxy groups -OCH3 is 1. The highest BCUT2D eigenvalue weighted by atomic mass is 19.1. The van der Waals surface area contributed by atoms with E-state index in [-0.39, 0.29) is 22.9 Å². The van der Waals surface area contributed by atoms with E-state index in [1.807, 2.05) is 0 Å². The average Bonchev–Trinajstić information content (AvgIpc) is 2.82. The minimum atomic E-state index is -3.00. The van der Waals surface area contributed by atoms with E-state index >= 15 is 0 Å². The summed E-state index contributed by atoms with van der Waals surface area (Å²) in [6.45, 7) is -6.37. The molecule has 0 radical (unpaired) electrons. The van der Waals surface area contributed by atoms with Crippen LogP contribution in [0.1, 0.15) is 40.0 Å². The van der Waals surface area contributed by atoms with Gasteiger partial charge in [-0.05, 0) is 37.2 Å². The third-order valence-electron chi connectivity index (χ3n) is 3.96. The van der Waals surface area contributed by atoms with Gasteiger partial charge in [-0.1, -0.05) is 0 Å². The minimum Gasteiger partial charge on any atom is -0.495 e. The van der Waals surface area contributed by atoms with Crippen LogP contribution >= 0.6 is 0 Å². The molecule has 8 nitrogen and oxygen atoms in total. The summed E-state index contributed by atoms with van der Waals surface area (Å²) in [4.78, 5) is 24.0. The Morgan fingerprint density at radius 2 is 2.13 bits per heavy atom. The smallest absolute Gasteiger partial charge is 0.271 e. The number of benzene rings is 1. The molecule has 0 saturated heterocycles. The molecular formula is C21H21FN4O4. The molecule has 2 heterocycles. The van der Waals surface area contributed by atoms with Gasteiger partial charge in [0.2, 0.25) is 5.95 Å². The maximum Gasteiger partial charge on any atom is 0.271 e. The molecule has 1 amide bonds. The minimum absolute atomic E-state index is 0.0409. The van der Waals surface area contributed by atoms with E-state index in [2.05, 4.69) is 25.0 Å². The molecule has 9 heteroatoms. The lowest BCUT2D eigenvalue weighted by atomic mass is 10.1. The van der Waals surface area contributed by atoms with Gasteiger partial charge in [0.25, 0.3) is 5.91 Å². The Balaban J connectivity index is 1.67. The number of aliphatic hydroxyl groups excluding tert-OH is 1. The van der Waals surface area contributed by atoms with Crippen molar-refractivity contribution in [3.05, 3.63) is 66.1 Å². The fourth-order valence-corrected chi connectivity index (χ4v) is 2.49. The Hall–Kier alpha value is -3.59. The molecule has 2 N–H and O–H groups in total. The summed E-state index contributed by atoms with van der Waals surface area (Å²) in [5.41, 5.74) is 0.158. The highest BCUT2D eigenvalue weighted by Gasteiger charge is 2.17. The molecule has 0 unspecified atom stereocenters. The van der Waals surface area contributed by atoms with Crippen LogP contribution in [0.25, 0.3) is 11.3 Å². The first-order valence-corrected chi connectivity index (χ1v) is 8.48. The van der Waals surface area contributed by atoms with Gasteiger partial charge < -0.3 is 19.9 Å². The lowest BCUT2D eigenvalue weighted by Crippen LogP contribution is -2.29. The molecule has 3 rings (SSSR count). The first kappa shape index (κ1) is 12.9. The molecule has 156 valence electrons. The van der Waals surface area contributed by atoms with Crippen molar-refractivity contribution in [3.8, 4) is 22.8 Å². The largest absolute Gasteiger partial charge is 0.495 e. The third-order valence-corrected chi connectivity index (χ3v) is 3.96. The van der Waals surface area contributed by atoms with E-state index in [9.17, 15) is 14.3 Å². The summed E-state index contributed by atoms with van der Waals surface area (Å²) in [6, 6.07) is 6.55. The van der Waals surface area contributed by atoms with Gasteiger partial charge in [-0.3, -0.25) is 9.78 Å². The maximum absolute atomic E-state index is 14.1. The highest BCUT2D eigenvalue weighted by Crippen LogP contribution is 2.21. The number of pyridine rings is 1. The third kappa shape index (κ3) is 5.06. The maximum atomic E-state index is 14.1. The molecule has 30 heavy (non-hydrogen) atoms. The molecule has 0 saturated carbocycles. The predicted molar refractivity (Wildman–Crippen MR) is 107 cm³/mol. The van der Waals surface area contributed by atoms with Gasteiger partial charge in [0.1, 0.15) is 23.3 Å². The van der Waals surface area contributed by atoms with Crippen LogP contribution in [0.2, 0.25) is 0 Å². The predicted octanol–water partition coefficient (Wildman–Crippen LogP) is 2.55. The SMILES string of the molecule is [2H]C([2H])([2H])Oc1cnc(F)c([C@@H](O)CNC(=O)c2cncc(-c3ccc(OC([2H])([2H])C([2H])([2H])[2H])cc3)n2)c1. The number of aliphatic hydroxyl groups is 1. The molecular weight excluding hydrogens is 391 g/mol. The van der Waals surface area contributed by atoms with Gasteiger partial charge >= 0.3 is 0 Å². The van der Waals surface area contributed by atoms with Gasteiger partial charge in [-0.2, -0.15) is 4.39 Å². The number of carbonyl (C=O) groups excluding carboxylic acids is 1. The molecule has 2 aromatic heterocycles. The van der Waals surface area contributed by atoms with Crippen molar-refractivity contribution >= 4 is 5.91 Å². The van der Waals surface area contributed by atoms with Crippen molar-refractivity contribution in [1.29, 1.82) is 0 Å². The normalized spacial score (nSPS) is 16.9. The summed E-state index contributed by atoms with van der Waals surface area (Å²) in [6.07, 6.45) is 1.76. The van der Waals surface area contributed by atoms with Crippen LogP contribution in [0, 0.1) is 5.95 Å². The van der Waals surface area contributed by atoms with Crippen molar-refractivity contribution in [3.63, 3.8) is 0 Å². The molecule has 0 aliphatic heterocycles. The van der Waals surface area contributed by atoms with Gasteiger partial charge in [0.05, 0.1) is 44.7 Å². The zero-order chi connectivity index (χ0) is 28.3. The zero-order valence-electron chi connectivity index (χ0n) is 23.3. The standard InChI is InChI=1S/C21H21FN4O4/c1-3-30-14-6-4-13(5-7-14)17-10-23-11-18(26-17)21(28)25-12-19(27)16-8-15(29-2)9-24-20(16)22/h4-11,19,27H,3,12H2,1-2H3,(H,25,28)/t19-/m0/s1/i1D3,2D3,3D2. The lowest BCUT2D eigenvalue weighted by Gasteiger charge is -2.13. The molecule has 0 fully saturated rings. The lowest BCUT2D eigenvalue weighted by molar-refractivity contribution is 0.0908. The summed E-state index contributed by atoms with van der Waals surface area (Å²) in [5.74, 6) is -2.17. The average molecular weight is 420 g/mol. The summed E-state index contributed by atoms with van der Waals surface area (Å²) < 4.78 is 81.6. The number of hydrogen-bond donors (Lipinski definition) is 2. The van der Waals surface area contributed by atoms with E-state index in [4.69, 9.17) is 15.7 Å². The Labute approximate surface area is 184 Å². The summed E-state index contributed by atoms with van der Waals surface area (Å²) in [5, 5.41) is 12.7. The number of nitrogens with zero attached hydrogens (tertiary/aromatic N) is 3. The highest BCUT2D eigenvalue weighted by molar-refractivity contribution is 5.92. The van der Waals surface area contributed by atoms with E-state index < -0.39 is 50.5 Å². The number of halogens is 1. The van der Waals surface area contributed by atoms with Gasteiger partial charge in [0.15, 0.2) is 0 Å². The Morgan fingerprint density at radius 3 is 2.90 bits per heavy atom. The number of aromatic nitrogens is 3. The topological polar surface area (TPSA) is 106 Å². The van der Waals surface area contributed by atoms with Crippen LogP contribution in [0.4, 0.5) is 4.39 Å². The first-order valence-electron chi connectivity index (χ1n) is 12.5. The molecule has 3 aromatic rings. The number of carbonyl (C=O) groups is 1. The molecule has 0 aliphatic carbocycles. The molecule has 1 atom stereocenters. The van der Waals surface area contributed by atoms with E-state index in [1.165, 1.54) is 30.5 Å².